The maximum atomic E-state index is 11.2. The smallest absolute Gasteiger partial charge is 0.333 e. The summed E-state index contributed by atoms with van der Waals surface area (Å²) in [6.45, 7) is 6.19. The molecule has 2 aliphatic heterocycles. The highest BCUT2D eigenvalue weighted by molar-refractivity contribution is 5.87. The van der Waals surface area contributed by atoms with Crippen LogP contribution in [0, 0.1) is 0 Å². The second-order valence-electron chi connectivity index (χ2n) is 3.39. The van der Waals surface area contributed by atoms with Crippen LogP contribution in [0.4, 0.5) is 0 Å². The summed E-state index contributed by atoms with van der Waals surface area (Å²) in [7, 11) is 0. The van der Waals surface area contributed by atoms with Crippen LogP contribution in [-0.4, -0.2) is 37.5 Å². The number of carbonyl (C=O) groups is 1. The SMILES string of the molecule is C=C(C)C(=O)OC1C2COC1CO2. The molecule has 2 bridgehead atoms. The summed E-state index contributed by atoms with van der Waals surface area (Å²) in [6.07, 6.45) is -0.384. The molecule has 2 rings (SSSR count). The first-order chi connectivity index (χ1) is 6.18. The van der Waals surface area contributed by atoms with E-state index in [9.17, 15) is 4.79 Å². The summed E-state index contributed by atoms with van der Waals surface area (Å²) >= 11 is 0. The van der Waals surface area contributed by atoms with Gasteiger partial charge >= 0.3 is 5.97 Å². The molecule has 0 aromatic rings. The number of fused-ring (bicyclic) bond motifs is 2. The van der Waals surface area contributed by atoms with Crippen LogP contribution >= 0.6 is 0 Å². The van der Waals surface area contributed by atoms with Crippen molar-refractivity contribution < 1.29 is 19.0 Å². The van der Waals surface area contributed by atoms with E-state index in [-0.39, 0.29) is 24.3 Å². The summed E-state index contributed by atoms with van der Waals surface area (Å²) in [6, 6.07) is 0. The average molecular weight is 184 g/mol. The van der Waals surface area contributed by atoms with Gasteiger partial charge in [0.1, 0.15) is 12.2 Å². The van der Waals surface area contributed by atoms with Gasteiger partial charge in [-0.3, -0.25) is 0 Å². The lowest BCUT2D eigenvalue weighted by Crippen LogP contribution is -2.29. The normalized spacial score (nSPS) is 36.2. The second-order valence-corrected chi connectivity index (χ2v) is 3.39. The molecular formula is C9H12O4. The molecular weight excluding hydrogens is 172 g/mol. The van der Waals surface area contributed by atoms with E-state index in [1.807, 2.05) is 0 Å². The van der Waals surface area contributed by atoms with Crippen LogP contribution in [0.25, 0.3) is 0 Å². The van der Waals surface area contributed by atoms with Gasteiger partial charge in [0.05, 0.1) is 13.2 Å². The quantitative estimate of drug-likeness (QED) is 0.456. The first-order valence-electron chi connectivity index (χ1n) is 4.28. The van der Waals surface area contributed by atoms with Crippen molar-refractivity contribution >= 4 is 5.97 Å². The van der Waals surface area contributed by atoms with Gasteiger partial charge in [-0.05, 0) is 6.92 Å². The van der Waals surface area contributed by atoms with Gasteiger partial charge in [-0.15, -0.1) is 0 Å². The maximum Gasteiger partial charge on any atom is 0.333 e. The second kappa shape index (κ2) is 3.12. The standard InChI is InChI=1S/C9H12O4/c1-5(2)9(10)13-8-6-3-11-7(8)4-12-6/h6-8H,1,3-4H2,2H3. The lowest BCUT2D eigenvalue weighted by Gasteiger charge is -2.12. The molecule has 0 aliphatic carbocycles. The molecule has 0 aromatic heterocycles. The Labute approximate surface area is 76.5 Å². The van der Waals surface area contributed by atoms with E-state index in [4.69, 9.17) is 14.2 Å². The van der Waals surface area contributed by atoms with E-state index in [0.717, 1.165) is 0 Å². The van der Waals surface area contributed by atoms with Crippen LogP contribution in [0.1, 0.15) is 6.92 Å². The molecule has 4 nitrogen and oxygen atoms in total. The van der Waals surface area contributed by atoms with Crippen LogP contribution < -0.4 is 0 Å². The third-order valence-corrected chi connectivity index (χ3v) is 2.27. The molecule has 2 aliphatic rings. The molecule has 2 unspecified atom stereocenters. The van der Waals surface area contributed by atoms with Crippen LogP contribution in [0.2, 0.25) is 0 Å². The van der Waals surface area contributed by atoms with E-state index < -0.39 is 0 Å². The molecule has 2 saturated heterocycles. The molecule has 13 heavy (non-hydrogen) atoms. The first kappa shape index (κ1) is 8.72. The van der Waals surface area contributed by atoms with Crippen LogP contribution in [0.15, 0.2) is 12.2 Å². The minimum Gasteiger partial charge on any atom is -0.453 e. The zero-order valence-corrected chi connectivity index (χ0v) is 7.49. The van der Waals surface area contributed by atoms with Crippen LogP contribution in [-0.2, 0) is 19.0 Å². The molecule has 2 atom stereocenters. The fourth-order valence-corrected chi connectivity index (χ4v) is 1.53. The maximum absolute atomic E-state index is 11.2. The first-order valence-corrected chi connectivity index (χ1v) is 4.28. The number of rotatable bonds is 2. The van der Waals surface area contributed by atoms with E-state index in [0.29, 0.717) is 18.8 Å². The van der Waals surface area contributed by atoms with E-state index in [1.54, 1.807) is 6.92 Å². The minimum absolute atomic E-state index is 0.0756. The van der Waals surface area contributed by atoms with Crippen molar-refractivity contribution in [2.24, 2.45) is 0 Å². The van der Waals surface area contributed by atoms with Gasteiger partial charge in [-0.25, -0.2) is 4.79 Å². The number of ether oxygens (including phenoxy) is 3. The Kier molecular flexibility index (Phi) is 2.09. The van der Waals surface area contributed by atoms with Crippen molar-refractivity contribution in [3.63, 3.8) is 0 Å². The zero-order chi connectivity index (χ0) is 9.42. The van der Waals surface area contributed by atoms with Gasteiger partial charge in [0.15, 0.2) is 6.10 Å². The fraction of sp³-hybridized carbons (Fsp3) is 0.667. The van der Waals surface area contributed by atoms with E-state index in [2.05, 4.69) is 6.58 Å². The van der Waals surface area contributed by atoms with Gasteiger partial charge < -0.3 is 14.2 Å². The summed E-state index contributed by atoms with van der Waals surface area (Å²) < 4.78 is 15.8. The summed E-state index contributed by atoms with van der Waals surface area (Å²) in [4.78, 5) is 11.2. The van der Waals surface area contributed by atoms with Crippen molar-refractivity contribution in [1.82, 2.24) is 0 Å². The summed E-state index contributed by atoms with van der Waals surface area (Å²) in [5.41, 5.74) is 0.409. The van der Waals surface area contributed by atoms with Crippen molar-refractivity contribution in [3.8, 4) is 0 Å². The Hall–Kier alpha value is -0.870. The average Bonchev–Trinajstić information content (AvgIpc) is 2.65. The molecule has 0 spiro atoms. The van der Waals surface area contributed by atoms with Crippen LogP contribution in [0.3, 0.4) is 0 Å². The zero-order valence-electron chi connectivity index (χ0n) is 7.49. The highest BCUT2D eigenvalue weighted by atomic mass is 16.7. The van der Waals surface area contributed by atoms with Gasteiger partial charge in [0.25, 0.3) is 0 Å². The van der Waals surface area contributed by atoms with Gasteiger partial charge in [-0.2, -0.15) is 0 Å². The monoisotopic (exact) mass is 184 g/mol. The Balaban J connectivity index is 1.96. The Bertz CT molecular complexity index is 228. The highest BCUT2D eigenvalue weighted by Crippen LogP contribution is 2.28. The largest absolute Gasteiger partial charge is 0.453 e. The predicted octanol–water partition coefficient (Wildman–Crippen LogP) is 0.272. The number of hydrogen-bond donors (Lipinski definition) is 0. The highest BCUT2D eigenvalue weighted by Gasteiger charge is 2.47. The third kappa shape index (κ3) is 1.47. The lowest BCUT2D eigenvalue weighted by atomic mass is 10.2. The third-order valence-electron chi connectivity index (χ3n) is 2.27. The van der Waals surface area contributed by atoms with Gasteiger partial charge in [0, 0.05) is 5.57 Å². The Morgan fingerprint density at radius 3 is 2.31 bits per heavy atom. The molecule has 0 radical (unpaired) electrons. The lowest BCUT2D eigenvalue weighted by molar-refractivity contribution is -0.146. The molecule has 0 aromatic carbocycles. The Morgan fingerprint density at radius 2 is 1.92 bits per heavy atom. The van der Waals surface area contributed by atoms with E-state index >= 15 is 0 Å². The molecule has 4 heteroatoms. The van der Waals surface area contributed by atoms with Crippen LogP contribution in [0.5, 0.6) is 0 Å². The molecule has 2 fully saturated rings. The van der Waals surface area contributed by atoms with Gasteiger partial charge in [-0.1, -0.05) is 6.58 Å². The number of hydrogen-bond acceptors (Lipinski definition) is 4. The molecule has 0 N–H and O–H groups in total. The van der Waals surface area contributed by atoms with Crippen molar-refractivity contribution in [3.05, 3.63) is 12.2 Å². The molecule has 72 valence electrons. The molecule has 2 heterocycles. The molecule has 0 saturated carbocycles. The Morgan fingerprint density at radius 1 is 1.38 bits per heavy atom. The number of esters is 1. The molecule has 0 amide bonds. The predicted molar refractivity (Wildman–Crippen MR) is 44.2 cm³/mol. The van der Waals surface area contributed by atoms with Crippen molar-refractivity contribution in [1.29, 1.82) is 0 Å². The fourth-order valence-electron chi connectivity index (χ4n) is 1.53. The number of carbonyl (C=O) groups excluding carboxylic acids is 1. The minimum atomic E-state index is -0.365. The summed E-state index contributed by atoms with van der Waals surface area (Å²) in [5.74, 6) is -0.365. The van der Waals surface area contributed by atoms with Crippen molar-refractivity contribution in [2.75, 3.05) is 13.2 Å². The van der Waals surface area contributed by atoms with Gasteiger partial charge in [0.2, 0.25) is 0 Å². The van der Waals surface area contributed by atoms with E-state index in [1.165, 1.54) is 0 Å². The van der Waals surface area contributed by atoms with Crippen molar-refractivity contribution in [2.45, 2.75) is 25.2 Å². The summed E-state index contributed by atoms with van der Waals surface area (Å²) in [5, 5.41) is 0. The topological polar surface area (TPSA) is 44.8 Å².